The Hall–Kier alpha value is -1.65. The van der Waals surface area contributed by atoms with Crippen LogP contribution in [0.3, 0.4) is 0 Å². The molecule has 0 spiro atoms. The number of aliphatic hydroxyl groups is 1. The normalized spacial score (nSPS) is 10.8. The zero-order valence-electron chi connectivity index (χ0n) is 11.8. The molecule has 4 heteroatoms. The molecule has 0 aliphatic heterocycles. The fourth-order valence-electron chi connectivity index (χ4n) is 2.12. The average molecular weight is 273 g/mol. The molecule has 108 valence electrons. The van der Waals surface area contributed by atoms with Gasteiger partial charge in [-0.15, -0.1) is 0 Å². The number of para-hydroxylation sites is 1. The number of aromatic nitrogens is 2. The lowest BCUT2D eigenvalue weighted by atomic mass is 10.2. The fraction of sp³-hybridized carbons (Fsp3) is 0.438. The van der Waals surface area contributed by atoms with E-state index in [9.17, 15) is 0 Å². The van der Waals surface area contributed by atoms with E-state index >= 15 is 0 Å². The fourth-order valence-corrected chi connectivity index (χ4v) is 2.12. The summed E-state index contributed by atoms with van der Waals surface area (Å²) in [5.41, 5.74) is 2.28. The first-order valence-corrected chi connectivity index (χ1v) is 7.30. The summed E-state index contributed by atoms with van der Waals surface area (Å²) in [4.78, 5) is 0. The lowest BCUT2D eigenvalue weighted by molar-refractivity contribution is 0.282. The summed E-state index contributed by atoms with van der Waals surface area (Å²) in [6, 6.07) is 10.1. The van der Waals surface area contributed by atoms with Crippen molar-refractivity contribution in [3.63, 3.8) is 0 Å². The lowest BCUT2D eigenvalue weighted by Crippen LogP contribution is -2.14. The molecule has 4 nitrogen and oxygen atoms in total. The van der Waals surface area contributed by atoms with Crippen LogP contribution in [0, 0.1) is 0 Å². The molecule has 0 bridgehead atoms. The van der Waals surface area contributed by atoms with Gasteiger partial charge in [-0.2, -0.15) is 5.10 Å². The van der Waals surface area contributed by atoms with Crippen LogP contribution in [0.2, 0.25) is 0 Å². The van der Waals surface area contributed by atoms with Gasteiger partial charge in [0.1, 0.15) is 0 Å². The highest BCUT2D eigenvalue weighted by molar-refractivity contribution is 5.30. The van der Waals surface area contributed by atoms with Crippen molar-refractivity contribution in [2.45, 2.75) is 32.2 Å². The molecule has 1 heterocycles. The van der Waals surface area contributed by atoms with E-state index in [4.69, 9.17) is 5.11 Å². The molecule has 0 aliphatic carbocycles. The maximum absolute atomic E-state index is 8.69. The van der Waals surface area contributed by atoms with E-state index in [1.54, 1.807) is 0 Å². The predicted molar refractivity (Wildman–Crippen MR) is 80.8 cm³/mol. The number of hydrogen-bond acceptors (Lipinski definition) is 3. The number of hydrogen-bond donors (Lipinski definition) is 2. The van der Waals surface area contributed by atoms with E-state index in [2.05, 4.69) is 16.6 Å². The summed E-state index contributed by atoms with van der Waals surface area (Å²) >= 11 is 0. The van der Waals surface area contributed by atoms with Crippen molar-refractivity contribution >= 4 is 0 Å². The molecule has 20 heavy (non-hydrogen) atoms. The summed E-state index contributed by atoms with van der Waals surface area (Å²) in [6.07, 6.45) is 8.34. The number of rotatable bonds is 9. The van der Waals surface area contributed by atoms with E-state index in [0.717, 1.165) is 38.0 Å². The van der Waals surface area contributed by atoms with Crippen LogP contribution in [0.25, 0.3) is 5.69 Å². The van der Waals surface area contributed by atoms with E-state index in [0.29, 0.717) is 6.61 Å². The first kappa shape index (κ1) is 14.8. The summed E-state index contributed by atoms with van der Waals surface area (Å²) in [6.45, 7) is 2.18. The quantitative estimate of drug-likeness (QED) is 0.690. The van der Waals surface area contributed by atoms with Crippen LogP contribution in [-0.2, 0) is 6.54 Å². The molecule has 2 aromatic rings. The van der Waals surface area contributed by atoms with Gasteiger partial charge < -0.3 is 10.4 Å². The molecule has 0 radical (unpaired) electrons. The Kier molecular flexibility index (Phi) is 6.27. The molecule has 0 fully saturated rings. The van der Waals surface area contributed by atoms with Crippen LogP contribution in [0.1, 0.15) is 31.2 Å². The maximum atomic E-state index is 8.69. The van der Waals surface area contributed by atoms with Gasteiger partial charge in [-0.1, -0.05) is 31.0 Å². The van der Waals surface area contributed by atoms with E-state index in [1.165, 1.54) is 12.0 Å². The second-order valence-electron chi connectivity index (χ2n) is 4.94. The van der Waals surface area contributed by atoms with Gasteiger partial charge in [0.2, 0.25) is 0 Å². The molecular formula is C16H23N3O. The second-order valence-corrected chi connectivity index (χ2v) is 4.94. The zero-order valence-corrected chi connectivity index (χ0v) is 11.8. The van der Waals surface area contributed by atoms with Crippen LogP contribution in [0.4, 0.5) is 0 Å². The first-order chi connectivity index (χ1) is 9.90. The van der Waals surface area contributed by atoms with Gasteiger partial charge in [0.25, 0.3) is 0 Å². The largest absolute Gasteiger partial charge is 0.396 e. The van der Waals surface area contributed by atoms with Crippen molar-refractivity contribution in [3.8, 4) is 5.69 Å². The number of unbranched alkanes of at least 4 members (excludes halogenated alkanes) is 3. The number of benzene rings is 1. The van der Waals surface area contributed by atoms with Crippen LogP contribution in [0.15, 0.2) is 42.7 Å². The molecular weight excluding hydrogens is 250 g/mol. The Bertz CT molecular complexity index is 481. The standard InChI is InChI=1S/C16H23N3O/c20-11-7-2-1-6-10-17-12-15-13-18-19(14-15)16-8-4-3-5-9-16/h3-5,8-9,13-14,17,20H,1-2,6-7,10-12H2. The third-order valence-corrected chi connectivity index (χ3v) is 3.25. The molecule has 0 unspecified atom stereocenters. The number of nitrogens with one attached hydrogen (secondary N) is 1. The van der Waals surface area contributed by atoms with E-state index in [-0.39, 0.29) is 0 Å². The molecule has 1 aromatic heterocycles. The van der Waals surface area contributed by atoms with Gasteiger partial charge in [-0.25, -0.2) is 4.68 Å². The highest BCUT2D eigenvalue weighted by Gasteiger charge is 2.00. The molecule has 0 saturated heterocycles. The Morgan fingerprint density at radius 3 is 2.65 bits per heavy atom. The summed E-state index contributed by atoms with van der Waals surface area (Å²) < 4.78 is 1.90. The zero-order chi connectivity index (χ0) is 14.0. The minimum absolute atomic E-state index is 0.312. The SMILES string of the molecule is OCCCCCCNCc1cnn(-c2ccccc2)c1. The van der Waals surface area contributed by atoms with Crippen LogP contribution >= 0.6 is 0 Å². The summed E-state index contributed by atoms with van der Waals surface area (Å²) in [7, 11) is 0. The van der Waals surface area contributed by atoms with Gasteiger partial charge in [-0.3, -0.25) is 0 Å². The van der Waals surface area contributed by atoms with Gasteiger partial charge in [-0.05, 0) is 31.5 Å². The molecule has 2 rings (SSSR count). The minimum Gasteiger partial charge on any atom is -0.396 e. The van der Waals surface area contributed by atoms with Crippen molar-refractivity contribution in [1.82, 2.24) is 15.1 Å². The lowest BCUT2D eigenvalue weighted by Gasteiger charge is -2.03. The third-order valence-electron chi connectivity index (χ3n) is 3.25. The highest BCUT2D eigenvalue weighted by atomic mass is 16.2. The van der Waals surface area contributed by atoms with Gasteiger partial charge in [0.15, 0.2) is 0 Å². The molecule has 0 amide bonds. The van der Waals surface area contributed by atoms with Crippen molar-refractivity contribution < 1.29 is 5.11 Å². The Labute approximate surface area is 120 Å². The summed E-state index contributed by atoms with van der Waals surface area (Å²) in [5, 5.41) is 16.5. The van der Waals surface area contributed by atoms with Crippen molar-refractivity contribution in [2.75, 3.05) is 13.2 Å². The van der Waals surface area contributed by atoms with Crippen molar-refractivity contribution in [1.29, 1.82) is 0 Å². The predicted octanol–water partition coefficient (Wildman–Crippen LogP) is 2.51. The monoisotopic (exact) mass is 273 g/mol. The molecule has 2 N–H and O–H groups in total. The highest BCUT2D eigenvalue weighted by Crippen LogP contribution is 2.07. The molecule has 0 atom stereocenters. The Morgan fingerprint density at radius 1 is 1.05 bits per heavy atom. The molecule has 1 aromatic carbocycles. The van der Waals surface area contributed by atoms with Crippen molar-refractivity contribution in [3.05, 3.63) is 48.3 Å². The van der Waals surface area contributed by atoms with Gasteiger partial charge in [0.05, 0.1) is 11.9 Å². The van der Waals surface area contributed by atoms with E-state index in [1.807, 2.05) is 41.2 Å². The van der Waals surface area contributed by atoms with Crippen LogP contribution in [0.5, 0.6) is 0 Å². The van der Waals surface area contributed by atoms with Crippen molar-refractivity contribution in [2.24, 2.45) is 0 Å². The number of nitrogens with zero attached hydrogens (tertiary/aromatic N) is 2. The van der Waals surface area contributed by atoms with Gasteiger partial charge >= 0.3 is 0 Å². The topological polar surface area (TPSA) is 50.1 Å². The average Bonchev–Trinajstić information content (AvgIpc) is 2.96. The first-order valence-electron chi connectivity index (χ1n) is 7.30. The number of aliphatic hydroxyl groups excluding tert-OH is 1. The molecule has 0 aliphatic rings. The second kappa shape index (κ2) is 8.51. The maximum Gasteiger partial charge on any atom is 0.0645 e. The Morgan fingerprint density at radius 2 is 1.85 bits per heavy atom. The Balaban J connectivity index is 1.69. The third kappa shape index (κ3) is 4.79. The van der Waals surface area contributed by atoms with E-state index < -0.39 is 0 Å². The van der Waals surface area contributed by atoms with Crippen LogP contribution < -0.4 is 5.32 Å². The van der Waals surface area contributed by atoms with Gasteiger partial charge in [0, 0.05) is 24.9 Å². The smallest absolute Gasteiger partial charge is 0.0645 e. The minimum atomic E-state index is 0.312. The summed E-state index contributed by atoms with van der Waals surface area (Å²) in [5.74, 6) is 0. The van der Waals surface area contributed by atoms with Crippen LogP contribution in [-0.4, -0.2) is 28.0 Å². The molecule has 0 saturated carbocycles.